The summed E-state index contributed by atoms with van der Waals surface area (Å²) >= 11 is 5.92. The topological polar surface area (TPSA) is 82.2 Å². The van der Waals surface area contributed by atoms with Gasteiger partial charge in [0.25, 0.3) is 0 Å². The Labute approximate surface area is 123 Å². The lowest BCUT2D eigenvalue weighted by Gasteiger charge is -2.15. The van der Waals surface area contributed by atoms with Crippen molar-refractivity contribution in [3.8, 4) is 6.07 Å². The van der Waals surface area contributed by atoms with Crippen LogP contribution in [-0.2, 0) is 4.79 Å². The maximum atomic E-state index is 11.9. The van der Waals surface area contributed by atoms with Crippen LogP contribution < -0.4 is 11.1 Å². The Morgan fingerprint density at radius 1 is 1.60 bits per heavy atom. The molecule has 1 fully saturated rings. The van der Waals surface area contributed by atoms with Gasteiger partial charge in [-0.25, -0.2) is 0 Å². The second kappa shape index (κ2) is 6.71. The van der Waals surface area contributed by atoms with E-state index in [0.717, 1.165) is 19.5 Å². The molecule has 1 unspecified atom stereocenters. The van der Waals surface area contributed by atoms with E-state index in [-0.39, 0.29) is 5.91 Å². The van der Waals surface area contributed by atoms with Crippen molar-refractivity contribution in [2.24, 2.45) is 11.7 Å². The third-order valence-corrected chi connectivity index (χ3v) is 3.76. The van der Waals surface area contributed by atoms with Gasteiger partial charge in [-0.15, -0.1) is 0 Å². The summed E-state index contributed by atoms with van der Waals surface area (Å²) < 4.78 is 0. The van der Waals surface area contributed by atoms with Crippen LogP contribution in [0.15, 0.2) is 18.2 Å². The molecule has 20 heavy (non-hydrogen) atoms. The molecule has 1 aromatic rings. The molecular formula is C14H17ClN4O. The minimum atomic E-state index is -0.0801. The molecule has 2 rings (SSSR count). The van der Waals surface area contributed by atoms with Gasteiger partial charge < -0.3 is 11.1 Å². The van der Waals surface area contributed by atoms with E-state index in [2.05, 4.69) is 10.2 Å². The zero-order chi connectivity index (χ0) is 14.5. The summed E-state index contributed by atoms with van der Waals surface area (Å²) in [6, 6.07) is 6.84. The number of carbonyl (C=O) groups is 1. The molecule has 3 N–H and O–H groups in total. The second-order valence-electron chi connectivity index (χ2n) is 4.98. The molecule has 0 radical (unpaired) electrons. The molecule has 0 bridgehead atoms. The van der Waals surface area contributed by atoms with E-state index in [0.29, 0.717) is 35.3 Å². The van der Waals surface area contributed by atoms with Crippen LogP contribution >= 0.6 is 11.6 Å². The quantitative estimate of drug-likeness (QED) is 0.879. The number of benzene rings is 1. The Bertz CT molecular complexity index is 540. The Morgan fingerprint density at radius 3 is 3.00 bits per heavy atom. The fraction of sp³-hybridized carbons (Fsp3) is 0.429. The summed E-state index contributed by atoms with van der Waals surface area (Å²) in [5, 5.41) is 11.9. The van der Waals surface area contributed by atoms with Gasteiger partial charge in [-0.3, -0.25) is 9.69 Å². The highest BCUT2D eigenvalue weighted by Crippen LogP contribution is 2.20. The van der Waals surface area contributed by atoms with E-state index in [1.165, 1.54) is 0 Å². The normalized spacial score (nSPS) is 18.8. The first kappa shape index (κ1) is 14.8. The minimum absolute atomic E-state index is 0.0801. The first-order valence-electron chi connectivity index (χ1n) is 6.54. The minimum Gasteiger partial charge on any atom is -0.330 e. The maximum absolute atomic E-state index is 11.9. The Morgan fingerprint density at radius 2 is 2.40 bits per heavy atom. The smallest absolute Gasteiger partial charge is 0.238 e. The molecule has 0 aliphatic carbocycles. The van der Waals surface area contributed by atoms with Gasteiger partial charge >= 0.3 is 0 Å². The van der Waals surface area contributed by atoms with Gasteiger partial charge in [-0.1, -0.05) is 11.6 Å². The molecule has 6 heteroatoms. The number of hydrogen-bond donors (Lipinski definition) is 2. The first-order valence-corrected chi connectivity index (χ1v) is 6.92. The van der Waals surface area contributed by atoms with Crippen molar-refractivity contribution < 1.29 is 4.79 Å². The van der Waals surface area contributed by atoms with Crippen LogP contribution in [0.4, 0.5) is 5.69 Å². The first-order chi connectivity index (χ1) is 9.62. The van der Waals surface area contributed by atoms with Crippen molar-refractivity contribution in [1.82, 2.24) is 4.90 Å². The lowest BCUT2D eigenvalue weighted by atomic mass is 10.1. The Balaban J connectivity index is 1.89. The molecule has 1 atom stereocenters. The van der Waals surface area contributed by atoms with Gasteiger partial charge in [-0.05, 0) is 43.6 Å². The summed E-state index contributed by atoms with van der Waals surface area (Å²) in [6.07, 6.45) is 1.05. The monoisotopic (exact) mass is 292 g/mol. The lowest BCUT2D eigenvalue weighted by molar-refractivity contribution is -0.117. The van der Waals surface area contributed by atoms with E-state index in [1.54, 1.807) is 18.2 Å². The van der Waals surface area contributed by atoms with Gasteiger partial charge in [0.05, 0.1) is 17.1 Å². The fourth-order valence-corrected chi connectivity index (χ4v) is 2.56. The maximum Gasteiger partial charge on any atom is 0.238 e. The molecule has 0 aromatic heterocycles. The summed E-state index contributed by atoms with van der Waals surface area (Å²) in [7, 11) is 0. The Hall–Kier alpha value is -1.61. The molecule has 1 aromatic carbocycles. The standard InChI is InChI=1S/C14H17ClN4O/c15-13-5-12(2-1-11(13)7-17)18-14(20)9-19-4-3-10(6-16)8-19/h1-2,5,10H,3-4,6,8-9,16H2,(H,18,20). The van der Waals surface area contributed by atoms with Crippen molar-refractivity contribution in [2.45, 2.75) is 6.42 Å². The highest BCUT2D eigenvalue weighted by Gasteiger charge is 2.22. The van der Waals surface area contributed by atoms with Crippen LogP contribution in [-0.4, -0.2) is 37.0 Å². The zero-order valence-corrected chi connectivity index (χ0v) is 11.9. The van der Waals surface area contributed by atoms with Crippen molar-refractivity contribution >= 4 is 23.2 Å². The summed E-state index contributed by atoms with van der Waals surface area (Å²) in [5.41, 5.74) is 6.63. The molecular weight excluding hydrogens is 276 g/mol. The number of anilines is 1. The average molecular weight is 293 g/mol. The van der Waals surface area contributed by atoms with Crippen LogP contribution in [0.5, 0.6) is 0 Å². The van der Waals surface area contributed by atoms with E-state index in [9.17, 15) is 4.79 Å². The summed E-state index contributed by atoms with van der Waals surface area (Å²) in [4.78, 5) is 14.0. The number of nitriles is 1. The predicted octanol–water partition coefficient (Wildman–Crippen LogP) is 1.43. The second-order valence-corrected chi connectivity index (χ2v) is 5.39. The molecule has 0 saturated carbocycles. The Kier molecular flexibility index (Phi) is 4.96. The highest BCUT2D eigenvalue weighted by atomic mass is 35.5. The number of rotatable bonds is 4. The zero-order valence-electron chi connectivity index (χ0n) is 11.1. The number of halogens is 1. The number of hydrogen-bond acceptors (Lipinski definition) is 4. The number of nitrogens with two attached hydrogens (primary N) is 1. The highest BCUT2D eigenvalue weighted by molar-refractivity contribution is 6.32. The number of amides is 1. The van der Waals surface area contributed by atoms with Crippen LogP contribution in [0.25, 0.3) is 0 Å². The van der Waals surface area contributed by atoms with Crippen LogP contribution in [0.3, 0.4) is 0 Å². The van der Waals surface area contributed by atoms with Crippen molar-refractivity contribution in [3.05, 3.63) is 28.8 Å². The van der Waals surface area contributed by atoms with Crippen molar-refractivity contribution in [2.75, 3.05) is 31.5 Å². The van der Waals surface area contributed by atoms with Crippen LogP contribution in [0, 0.1) is 17.2 Å². The van der Waals surface area contributed by atoms with E-state index in [1.807, 2.05) is 6.07 Å². The van der Waals surface area contributed by atoms with Crippen molar-refractivity contribution in [3.63, 3.8) is 0 Å². The van der Waals surface area contributed by atoms with E-state index < -0.39 is 0 Å². The van der Waals surface area contributed by atoms with Gasteiger partial charge in [-0.2, -0.15) is 5.26 Å². The van der Waals surface area contributed by atoms with Gasteiger partial charge in [0.1, 0.15) is 6.07 Å². The summed E-state index contributed by atoms with van der Waals surface area (Å²) in [6.45, 7) is 2.80. The molecule has 1 saturated heterocycles. The number of nitrogens with one attached hydrogen (secondary N) is 1. The number of likely N-dealkylation sites (tertiary alicyclic amines) is 1. The molecule has 106 valence electrons. The predicted molar refractivity (Wildman–Crippen MR) is 78.4 cm³/mol. The summed E-state index contributed by atoms with van der Waals surface area (Å²) in [5.74, 6) is 0.413. The molecule has 1 heterocycles. The van der Waals surface area contributed by atoms with E-state index in [4.69, 9.17) is 22.6 Å². The molecule has 0 spiro atoms. The average Bonchev–Trinajstić information content (AvgIpc) is 2.86. The third kappa shape index (κ3) is 3.70. The molecule has 1 amide bonds. The largest absolute Gasteiger partial charge is 0.330 e. The van der Waals surface area contributed by atoms with Crippen molar-refractivity contribution in [1.29, 1.82) is 5.26 Å². The number of nitrogens with zero attached hydrogens (tertiary/aromatic N) is 2. The van der Waals surface area contributed by atoms with Gasteiger partial charge in [0, 0.05) is 12.2 Å². The molecule has 1 aliphatic rings. The van der Waals surface area contributed by atoms with Gasteiger partial charge in [0.15, 0.2) is 0 Å². The van der Waals surface area contributed by atoms with E-state index >= 15 is 0 Å². The molecule has 5 nitrogen and oxygen atoms in total. The SMILES string of the molecule is N#Cc1ccc(NC(=O)CN2CCC(CN)C2)cc1Cl. The van der Waals surface area contributed by atoms with Crippen LogP contribution in [0.2, 0.25) is 5.02 Å². The van der Waals surface area contributed by atoms with Crippen LogP contribution in [0.1, 0.15) is 12.0 Å². The fourth-order valence-electron chi connectivity index (χ4n) is 2.34. The lowest BCUT2D eigenvalue weighted by Crippen LogP contribution is -2.32. The van der Waals surface area contributed by atoms with Gasteiger partial charge in [0.2, 0.25) is 5.91 Å². The number of carbonyl (C=O) groups excluding carboxylic acids is 1. The third-order valence-electron chi connectivity index (χ3n) is 3.44. The molecule has 1 aliphatic heterocycles.